The van der Waals surface area contributed by atoms with Gasteiger partial charge in [0.05, 0.1) is 5.92 Å². The Morgan fingerprint density at radius 2 is 1.71 bits per heavy atom. The minimum Gasteiger partial charge on any atom is -0.481 e. The van der Waals surface area contributed by atoms with E-state index in [-0.39, 0.29) is 17.2 Å². The fourth-order valence-corrected chi connectivity index (χ4v) is 3.79. The van der Waals surface area contributed by atoms with E-state index in [2.05, 4.69) is 0 Å². The van der Waals surface area contributed by atoms with Gasteiger partial charge in [0, 0.05) is 28.7 Å². The maximum absolute atomic E-state index is 12.4. The third-order valence-electron chi connectivity index (χ3n) is 4.64. The van der Waals surface area contributed by atoms with Gasteiger partial charge in [0.1, 0.15) is 0 Å². The number of likely N-dealkylation sites (tertiary alicyclic amines) is 1. The maximum Gasteiger partial charge on any atom is 0.307 e. The number of nitrogens with zero attached hydrogens (tertiary/aromatic N) is 1. The molecule has 2 aliphatic rings. The second kappa shape index (κ2) is 5.18. The third-order valence-corrected chi connectivity index (χ3v) is 5.08. The summed E-state index contributed by atoms with van der Waals surface area (Å²) in [6.45, 7) is 1.18. The average molecular weight is 328 g/mol. The van der Waals surface area contributed by atoms with E-state index >= 15 is 0 Å². The van der Waals surface area contributed by atoms with Crippen LogP contribution in [0.4, 0.5) is 0 Å². The van der Waals surface area contributed by atoms with Crippen molar-refractivity contribution in [2.45, 2.75) is 19.3 Å². The van der Waals surface area contributed by atoms with E-state index in [1.807, 2.05) is 0 Å². The van der Waals surface area contributed by atoms with Gasteiger partial charge < -0.3 is 10.0 Å². The highest BCUT2D eigenvalue weighted by Gasteiger charge is 2.59. The number of aliphatic carboxylic acids is 1. The van der Waals surface area contributed by atoms with Gasteiger partial charge in [0.25, 0.3) is 5.91 Å². The molecule has 1 spiro atoms. The van der Waals surface area contributed by atoms with Gasteiger partial charge >= 0.3 is 5.97 Å². The molecular formula is C15H15Cl2NO3. The van der Waals surface area contributed by atoms with E-state index < -0.39 is 5.97 Å². The van der Waals surface area contributed by atoms with E-state index in [4.69, 9.17) is 28.3 Å². The Labute approximate surface area is 132 Å². The summed E-state index contributed by atoms with van der Waals surface area (Å²) >= 11 is 11.8. The van der Waals surface area contributed by atoms with Crippen LogP contribution in [0.15, 0.2) is 18.2 Å². The van der Waals surface area contributed by atoms with Crippen LogP contribution in [0.1, 0.15) is 29.6 Å². The lowest BCUT2D eigenvalue weighted by Gasteiger charge is -2.32. The minimum atomic E-state index is -0.712. The van der Waals surface area contributed by atoms with Crippen molar-refractivity contribution in [3.63, 3.8) is 0 Å². The highest BCUT2D eigenvalue weighted by Crippen LogP contribution is 2.59. The summed E-state index contributed by atoms with van der Waals surface area (Å²) < 4.78 is 0. The molecule has 0 bridgehead atoms. The fraction of sp³-hybridized carbons (Fsp3) is 0.467. The second-order valence-corrected chi connectivity index (χ2v) is 6.78. The monoisotopic (exact) mass is 327 g/mol. The van der Waals surface area contributed by atoms with Crippen molar-refractivity contribution in [3.05, 3.63) is 33.8 Å². The van der Waals surface area contributed by atoms with Gasteiger partial charge in [-0.3, -0.25) is 9.59 Å². The fourth-order valence-electron chi connectivity index (χ4n) is 3.26. The van der Waals surface area contributed by atoms with Crippen molar-refractivity contribution in [2.24, 2.45) is 11.3 Å². The number of carboxylic acid groups (broad SMARTS) is 1. The topological polar surface area (TPSA) is 57.6 Å². The molecule has 1 atom stereocenters. The molecule has 6 heteroatoms. The Bertz CT molecular complexity index is 589. The van der Waals surface area contributed by atoms with Crippen LogP contribution >= 0.6 is 23.2 Å². The highest BCUT2D eigenvalue weighted by molar-refractivity contribution is 6.35. The van der Waals surface area contributed by atoms with E-state index in [9.17, 15) is 9.59 Å². The Balaban J connectivity index is 1.67. The molecule has 21 heavy (non-hydrogen) atoms. The van der Waals surface area contributed by atoms with Gasteiger partial charge in [-0.25, -0.2) is 0 Å². The number of hydrogen-bond donors (Lipinski definition) is 1. The summed E-state index contributed by atoms with van der Waals surface area (Å²) in [5, 5.41) is 9.95. The maximum atomic E-state index is 12.4. The van der Waals surface area contributed by atoms with Crippen molar-refractivity contribution in [2.75, 3.05) is 13.1 Å². The van der Waals surface area contributed by atoms with Crippen LogP contribution < -0.4 is 0 Å². The summed E-state index contributed by atoms with van der Waals surface area (Å²) in [5.41, 5.74) is 0.406. The van der Waals surface area contributed by atoms with Crippen LogP contribution in [-0.4, -0.2) is 35.0 Å². The predicted molar refractivity (Wildman–Crippen MR) is 79.8 cm³/mol. The van der Waals surface area contributed by atoms with Crippen molar-refractivity contribution in [1.82, 2.24) is 4.90 Å². The number of carbonyl (C=O) groups is 2. The average Bonchev–Trinajstić information content (AvgIpc) is 3.12. The molecule has 1 aromatic carbocycles. The lowest BCUT2D eigenvalue weighted by Crippen LogP contribution is -2.40. The smallest absolute Gasteiger partial charge is 0.307 e. The summed E-state index contributed by atoms with van der Waals surface area (Å²) in [5.74, 6) is -1.03. The van der Waals surface area contributed by atoms with Gasteiger partial charge in [-0.2, -0.15) is 0 Å². The van der Waals surface area contributed by atoms with Gasteiger partial charge in [0.15, 0.2) is 0 Å². The van der Waals surface area contributed by atoms with Crippen LogP contribution in [0.3, 0.4) is 0 Å². The standard InChI is InChI=1S/C15H15Cl2NO3/c16-10-5-9(6-11(17)7-10)13(19)18-3-1-15(2-4-18)8-12(15)14(20)21/h5-7,12H,1-4,8H2,(H,20,21). The number of hydrogen-bond acceptors (Lipinski definition) is 2. The Morgan fingerprint density at radius 1 is 1.14 bits per heavy atom. The molecule has 1 aliphatic carbocycles. The molecule has 1 unspecified atom stereocenters. The lowest BCUT2D eigenvalue weighted by molar-refractivity contribution is -0.139. The van der Waals surface area contributed by atoms with Gasteiger partial charge in [-0.15, -0.1) is 0 Å². The number of carbonyl (C=O) groups excluding carboxylic acids is 1. The summed E-state index contributed by atoms with van der Waals surface area (Å²) in [6.07, 6.45) is 2.25. The molecule has 3 rings (SSSR count). The highest BCUT2D eigenvalue weighted by atomic mass is 35.5. The second-order valence-electron chi connectivity index (χ2n) is 5.91. The van der Waals surface area contributed by atoms with Gasteiger partial charge in [-0.05, 0) is 42.9 Å². The number of rotatable bonds is 2. The van der Waals surface area contributed by atoms with E-state index in [0.29, 0.717) is 28.7 Å². The molecule has 1 aromatic rings. The summed E-state index contributed by atoms with van der Waals surface area (Å²) in [7, 11) is 0. The molecule has 2 fully saturated rings. The number of piperidine rings is 1. The van der Waals surface area contributed by atoms with Gasteiger partial charge in [-0.1, -0.05) is 23.2 Å². The zero-order valence-electron chi connectivity index (χ0n) is 11.3. The van der Waals surface area contributed by atoms with Crippen LogP contribution in [-0.2, 0) is 4.79 Å². The van der Waals surface area contributed by atoms with Gasteiger partial charge in [0.2, 0.25) is 0 Å². The largest absolute Gasteiger partial charge is 0.481 e. The summed E-state index contributed by atoms with van der Waals surface area (Å²) in [6, 6.07) is 4.81. The minimum absolute atomic E-state index is 0.0748. The predicted octanol–water partition coefficient (Wildman–Crippen LogP) is 3.32. The molecule has 4 nitrogen and oxygen atoms in total. The summed E-state index contributed by atoms with van der Waals surface area (Å²) in [4.78, 5) is 25.2. The molecule has 1 saturated heterocycles. The normalized spacial score (nSPS) is 23.1. The lowest BCUT2D eigenvalue weighted by atomic mass is 9.90. The van der Waals surface area contributed by atoms with Crippen LogP contribution in [0, 0.1) is 11.3 Å². The van der Waals surface area contributed by atoms with E-state index in [0.717, 1.165) is 19.3 Å². The quantitative estimate of drug-likeness (QED) is 0.906. The first-order valence-corrected chi connectivity index (χ1v) is 7.65. The van der Waals surface area contributed by atoms with Crippen molar-refractivity contribution in [1.29, 1.82) is 0 Å². The number of benzene rings is 1. The van der Waals surface area contributed by atoms with Crippen molar-refractivity contribution in [3.8, 4) is 0 Å². The molecule has 1 saturated carbocycles. The van der Waals surface area contributed by atoms with E-state index in [1.54, 1.807) is 23.1 Å². The van der Waals surface area contributed by atoms with Crippen LogP contribution in [0.5, 0.6) is 0 Å². The molecule has 1 amide bonds. The zero-order valence-corrected chi connectivity index (χ0v) is 12.8. The molecule has 1 heterocycles. The number of amides is 1. The molecule has 0 radical (unpaired) electrons. The van der Waals surface area contributed by atoms with Crippen molar-refractivity contribution >= 4 is 35.1 Å². The Morgan fingerprint density at radius 3 is 2.19 bits per heavy atom. The Kier molecular flexibility index (Phi) is 3.62. The number of halogens is 2. The molecule has 1 aliphatic heterocycles. The van der Waals surface area contributed by atoms with Crippen LogP contribution in [0.25, 0.3) is 0 Å². The molecule has 112 valence electrons. The SMILES string of the molecule is O=C(O)C1CC12CCN(C(=O)c1cc(Cl)cc(Cl)c1)CC2. The molecule has 0 aromatic heterocycles. The first kappa shape index (κ1) is 14.7. The van der Waals surface area contributed by atoms with Crippen molar-refractivity contribution < 1.29 is 14.7 Å². The molecular weight excluding hydrogens is 313 g/mol. The zero-order chi connectivity index (χ0) is 15.2. The first-order valence-electron chi connectivity index (χ1n) is 6.89. The van der Waals surface area contributed by atoms with E-state index in [1.165, 1.54) is 0 Å². The van der Waals surface area contributed by atoms with Crippen LogP contribution in [0.2, 0.25) is 10.0 Å². The number of carboxylic acids is 1. The third kappa shape index (κ3) is 2.74. The Hall–Kier alpha value is -1.26. The first-order chi connectivity index (χ1) is 9.91. The molecule has 1 N–H and O–H groups in total.